The van der Waals surface area contributed by atoms with Crippen LogP contribution in [0.1, 0.15) is 19.3 Å². The van der Waals surface area contributed by atoms with Gasteiger partial charge in [-0.25, -0.2) is 17.2 Å². The summed E-state index contributed by atoms with van der Waals surface area (Å²) in [5.41, 5.74) is 5.04. The van der Waals surface area contributed by atoms with Gasteiger partial charge >= 0.3 is 0 Å². The molecular weight excluding hydrogens is 392 g/mol. The fourth-order valence-electron chi connectivity index (χ4n) is 3.86. The van der Waals surface area contributed by atoms with Crippen LogP contribution in [0.2, 0.25) is 0 Å². The van der Waals surface area contributed by atoms with Crippen molar-refractivity contribution in [2.45, 2.75) is 30.2 Å². The van der Waals surface area contributed by atoms with E-state index in [1.54, 1.807) is 7.11 Å². The minimum Gasteiger partial charge on any atom is -0.385 e. The Labute approximate surface area is 163 Å². The van der Waals surface area contributed by atoms with Gasteiger partial charge in [-0.3, -0.25) is 9.69 Å². The average molecular weight is 417 g/mol. The number of halogens is 2. The van der Waals surface area contributed by atoms with E-state index in [0.717, 1.165) is 12.1 Å². The molecule has 3 rings (SSSR count). The Morgan fingerprint density at radius 1 is 1.25 bits per heavy atom. The predicted molar refractivity (Wildman–Crippen MR) is 97.8 cm³/mol. The van der Waals surface area contributed by atoms with Gasteiger partial charge in [-0.1, -0.05) is 0 Å². The maximum absolute atomic E-state index is 13.4. The highest BCUT2D eigenvalue weighted by Crippen LogP contribution is 2.37. The van der Waals surface area contributed by atoms with E-state index in [4.69, 9.17) is 10.5 Å². The molecule has 156 valence electrons. The van der Waals surface area contributed by atoms with Gasteiger partial charge in [0.25, 0.3) is 0 Å². The van der Waals surface area contributed by atoms with Crippen molar-refractivity contribution in [3.63, 3.8) is 0 Å². The first-order valence-electron chi connectivity index (χ1n) is 9.18. The van der Waals surface area contributed by atoms with Crippen molar-refractivity contribution >= 4 is 15.9 Å². The van der Waals surface area contributed by atoms with E-state index in [2.05, 4.69) is 4.90 Å². The van der Waals surface area contributed by atoms with Crippen molar-refractivity contribution in [2.75, 3.05) is 39.9 Å². The third kappa shape index (κ3) is 3.91. The van der Waals surface area contributed by atoms with E-state index in [-0.39, 0.29) is 29.9 Å². The van der Waals surface area contributed by atoms with Crippen LogP contribution in [0, 0.1) is 17.0 Å². The van der Waals surface area contributed by atoms with Crippen LogP contribution in [0.5, 0.6) is 0 Å². The summed E-state index contributed by atoms with van der Waals surface area (Å²) in [4.78, 5) is 13.8. The Kier molecular flexibility index (Phi) is 6.04. The van der Waals surface area contributed by atoms with Gasteiger partial charge < -0.3 is 10.5 Å². The second-order valence-electron chi connectivity index (χ2n) is 7.48. The van der Waals surface area contributed by atoms with Crippen LogP contribution >= 0.6 is 0 Å². The standard InChI is InChI=1S/C18H25F2N3O4S/c1-27-9-6-18(17(21)24)4-7-22(8-5-18)13-11-23(12-13)28(25,26)14-2-3-15(19)16(20)10-14/h2-3,10,13H,4-9,11-12H2,1H3,(H2,21,24). The summed E-state index contributed by atoms with van der Waals surface area (Å²) in [6.07, 6.45) is 1.80. The lowest BCUT2D eigenvalue weighted by molar-refractivity contribution is -0.132. The van der Waals surface area contributed by atoms with Crippen molar-refractivity contribution in [3.05, 3.63) is 29.8 Å². The van der Waals surface area contributed by atoms with Crippen molar-refractivity contribution in [1.82, 2.24) is 9.21 Å². The first-order chi connectivity index (χ1) is 13.2. The zero-order valence-corrected chi connectivity index (χ0v) is 16.6. The molecule has 2 saturated heterocycles. The number of sulfonamides is 1. The summed E-state index contributed by atoms with van der Waals surface area (Å²) >= 11 is 0. The molecule has 2 aliphatic heterocycles. The molecule has 0 unspecified atom stereocenters. The fraction of sp³-hybridized carbons (Fsp3) is 0.611. The highest BCUT2D eigenvalue weighted by molar-refractivity contribution is 7.89. The molecule has 0 radical (unpaired) electrons. The summed E-state index contributed by atoms with van der Waals surface area (Å²) in [6.45, 7) is 2.32. The predicted octanol–water partition coefficient (Wildman–Crippen LogP) is 0.942. The number of primary amides is 1. The SMILES string of the molecule is COCCC1(C(N)=O)CCN(C2CN(S(=O)(=O)c3ccc(F)c(F)c3)C2)CC1. The number of methoxy groups -OCH3 is 1. The number of amides is 1. The molecule has 0 spiro atoms. The molecule has 1 aromatic rings. The first-order valence-corrected chi connectivity index (χ1v) is 10.6. The maximum Gasteiger partial charge on any atom is 0.243 e. The first kappa shape index (κ1) is 21.1. The molecule has 2 aliphatic rings. The summed E-state index contributed by atoms with van der Waals surface area (Å²) in [6, 6.07) is 2.62. The molecule has 0 aromatic heterocycles. The summed E-state index contributed by atoms with van der Waals surface area (Å²) < 4.78 is 57.9. The van der Waals surface area contributed by atoms with Gasteiger partial charge in [-0.2, -0.15) is 4.31 Å². The fourth-order valence-corrected chi connectivity index (χ4v) is 5.39. The van der Waals surface area contributed by atoms with E-state index >= 15 is 0 Å². The van der Waals surface area contributed by atoms with Crippen molar-refractivity contribution < 1.29 is 26.7 Å². The van der Waals surface area contributed by atoms with Crippen molar-refractivity contribution in [1.29, 1.82) is 0 Å². The lowest BCUT2D eigenvalue weighted by atomic mass is 9.75. The Hall–Kier alpha value is -1.62. The zero-order valence-electron chi connectivity index (χ0n) is 15.7. The Bertz CT molecular complexity index is 835. The molecule has 2 N–H and O–H groups in total. The van der Waals surface area contributed by atoms with Crippen LogP contribution < -0.4 is 5.73 Å². The van der Waals surface area contributed by atoms with Crippen LogP contribution in [0.25, 0.3) is 0 Å². The zero-order chi connectivity index (χ0) is 20.5. The molecule has 1 amide bonds. The van der Waals surface area contributed by atoms with Crippen LogP contribution in [0.3, 0.4) is 0 Å². The lowest BCUT2D eigenvalue weighted by Gasteiger charge is -2.48. The molecule has 28 heavy (non-hydrogen) atoms. The molecule has 2 fully saturated rings. The van der Waals surface area contributed by atoms with Gasteiger partial charge in [0.15, 0.2) is 11.6 Å². The molecule has 2 heterocycles. The quantitative estimate of drug-likeness (QED) is 0.713. The number of nitrogens with two attached hydrogens (primary N) is 1. The number of ether oxygens (including phenoxy) is 1. The van der Waals surface area contributed by atoms with Crippen molar-refractivity contribution in [3.8, 4) is 0 Å². The Morgan fingerprint density at radius 2 is 1.89 bits per heavy atom. The molecule has 0 saturated carbocycles. The van der Waals surface area contributed by atoms with Crippen LogP contribution in [0.4, 0.5) is 8.78 Å². The van der Waals surface area contributed by atoms with Crippen LogP contribution in [0.15, 0.2) is 23.1 Å². The summed E-state index contributed by atoms with van der Waals surface area (Å²) in [5.74, 6) is -2.59. The van der Waals surface area contributed by atoms with E-state index in [9.17, 15) is 22.0 Å². The molecule has 0 bridgehead atoms. The number of piperidine rings is 1. The second-order valence-corrected chi connectivity index (χ2v) is 9.41. The largest absolute Gasteiger partial charge is 0.385 e. The number of hydrogen-bond acceptors (Lipinski definition) is 5. The Morgan fingerprint density at radius 3 is 2.43 bits per heavy atom. The molecule has 0 aliphatic carbocycles. The number of hydrogen-bond donors (Lipinski definition) is 1. The van der Waals surface area contributed by atoms with E-state index < -0.39 is 27.1 Å². The van der Waals surface area contributed by atoms with E-state index in [1.165, 1.54) is 4.31 Å². The summed E-state index contributed by atoms with van der Waals surface area (Å²) in [7, 11) is -2.27. The molecule has 10 heteroatoms. The number of benzene rings is 1. The molecule has 1 aromatic carbocycles. The van der Waals surface area contributed by atoms with Gasteiger partial charge in [0, 0.05) is 32.8 Å². The minimum absolute atomic E-state index is 0.0355. The van der Waals surface area contributed by atoms with E-state index in [1.807, 2.05) is 0 Å². The second kappa shape index (κ2) is 8.02. The highest BCUT2D eigenvalue weighted by atomic mass is 32.2. The van der Waals surface area contributed by atoms with E-state index in [0.29, 0.717) is 45.0 Å². The third-order valence-electron chi connectivity index (χ3n) is 5.94. The van der Waals surface area contributed by atoms with Gasteiger partial charge in [0.2, 0.25) is 15.9 Å². The Balaban J connectivity index is 1.58. The topological polar surface area (TPSA) is 92.9 Å². The van der Waals surface area contributed by atoms with Crippen LogP contribution in [-0.2, 0) is 19.6 Å². The minimum atomic E-state index is -3.85. The smallest absolute Gasteiger partial charge is 0.243 e. The lowest BCUT2D eigenvalue weighted by Crippen LogP contribution is -2.63. The monoisotopic (exact) mass is 417 g/mol. The van der Waals surface area contributed by atoms with Crippen molar-refractivity contribution in [2.24, 2.45) is 11.1 Å². The molecular formula is C18H25F2N3O4S. The highest BCUT2D eigenvalue weighted by Gasteiger charge is 2.45. The normalized spacial score (nSPS) is 21.4. The number of rotatable bonds is 7. The van der Waals surface area contributed by atoms with Gasteiger partial charge in [-0.15, -0.1) is 0 Å². The maximum atomic E-state index is 13.4. The third-order valence-corrected chi connectivity index (χ3v) is 7.76. The van der Waals surface area contributed by atoms with Gasteiger partial charge in [0.1, 0.15) is 0 Å². The average Bonchev–Trinajstić information content (AvgIpc) is 2.61. The molecule has 0 atom stereocenters. The number of likely N-dealkylation sites (tertiary alicyclic amines) is 1. The number of carbonyl (C=O) groups is 1. The number of nitrogens with zero attached hydrogens (tertiary/aromatic N) is 2. The van der Waals surface area contributed by atoms with Crippen LogP contribution in [-0.4, -0.2) is 69.5 Å². The van der Waals surface area contributed by atoms with Gasteiger partial charge in [-0.05, 0) is 50.6 Å². The molecule has 7 nitrogen and oxygen atoms in total. The van der Waals surface area contributed by atoms with Gasteiger partial charge in [0.05, 0.1) is 10.3 Å². The number of carbonyl (C=O) groups excluding carboxylic acids is 1. The summed E-state index contributed by atoms with van der Waals surface area (Å²) in [5, 5.41) is 0.